The Morgan fingerprint density at radius 2 is 1.82 bits per heavy atom. The van der Waals surface area contributed by atoms with E-state index in [4.69, 9.17) is 14.2 Å². The van der Waals surface area contributed by atoms with Crippen LogP contribution in [0.3, 0.4) is 0 Å². The van der Waals surface area contributed by atoms with Gasteiger partial charge < -0.3 is 19.5 Å². The van der Waals surface area contributed by atoms with E-state index in [1.807, 2.05) is 19.9 Å². The molecule has 2 aromatic rings. The van der Waals surface area contributed by atoms with Crippen LogP contribution >= 0.6 is 0 Å². The summed E-state index contributed by atoms with van der Waals surface area (Å²) in [6, 6.07) is 8.92. The van der Waals surface area contributed by atoms with Crippen LogP contribution in [-0.4, -0.2) is 41.0 Å². The van der Waals surface area contributed by atoms with Crippen molar-refractivity contribution in [3.8, 4) is 17.2 Å². The second-order valence-electron chi connectivity index (χ2n) is 8.87. The van der Waals surface area contributed by atoms with E-state index in [0.717, 1.165) is 28.7 Å². The van der Waals surface area contributed by atoms with Crippen molar-refractivity contribution < 1.29 is 27.4 Å². The van der Waals surface area contributed by atoms with E-state index in [1.165, 1.54) is 4.31 Å². The number of hydrogen-bond acceptors (Lipinski definition) is 6. The quantitative estimate of drug-likeness (QED) is 0.534. The summed E-state index contributed by atoms with van der Waals surface area (Å²) in [4.78, 5) is 12.7. The highest BCUT2D eigenvalue weighted by Gasteiger charge is 2.22. The number of ether oxygens (including phenoxy) is 3. The summed E-state index contributed by atoms with van der Waals surface area (Å²) in [5.41, 5.74) is 3.66. The number of carbonyl (C=O) groups excluding carboxylic acids is 1. The largest absolute Gasteiger partial charge is 0.496 e. The van der Waals surface area contributed by atoms with Crippen LogP contribution in [0.4, 0.5) is 5.69 Å². The lowest BCUT2D eigenvalue weighted by Gasteiger charge is -2.23. The lowest BCUT2D eigenvalue weighted by Crippen LogP contribution is -2.32. The average molecular weight is 491 g/mol. The standard InChI is InChI=1S/C25H34N2O6S/c1-16(2)20-14-21(17(3)12-23(20)31-5)18(4)26-25(28)8-7-11-27(34(6,29)30)19-9-10-22-24(13-19)33-15-32-22/h9-10,12-14,16,18H,7-8,11,15H2,1-6H3,(H,26,28)/t18-/m0/s1. The molecule has 0 unspecified atom stereocenters. The monoisotopic (exact) mass is 490 g/mol. The number of hydrogen-bond donors (Lipinski definition) is 1. The second-order valence-corrected chi connectivity index (χ2v) is 10.8. The summed E-state index contributed by atoms with van der Waals surface area (Å²) < 4.78 is 42.2. The maximum atomic E-state index is 12.7. The van der Waals surface area contributed by atoms with Gasteiger partial charge in [-0.25, -0.2) is 8.42 Å². The number of anilines is 1. The first-order valence-electron chi connectivity index (χ1n) is 11.4. The molecule has 1 aliphatic rings. The molecule has 0 saturated heterocycles. The number of benzene rings is 2. The van der Waals surface area contributed by atoms with Crippen LogP contribution in [0, 0.1) is 6.92 Å². The van der Waals surface area contributed by atoms with Gasteiger partial charge in [0.2, 0.25) is 22.7 Å². The lowest BCUT2D eigenvalue weighted by molar-refractivity contribution is -0.121. The molecule has 0 fully saturated rings. The number of fused-ring (bicyclic) bond motifs is 1. The van der Waals surface area contributed by atoms with Crippen molar-refractivity contribution in [2.45, 2.75) is 52.5 Å². The lowest BCUT2D eigenvalue weighted by atomic mass is 9.93. The van der Waals surface area contributed by atoms with E-state index >= 15 is 0 Å². The summed E-state index contributed by atoms with van der Waals surface area (Å²) in [7, 11) is -1.87. The molecule has 1 aliphatic heterocycles. The van der Waals surface area contributed by atoms with Gasteiger partial charge in [-0.2, -0.15) is 0 Å². The fourth-order valence-electron chi connectivity index (χ4n) is 4.11. The van der Waals surface area contributed by atoms with Gasteiger partial charge in [0.1, 0.15) is 5.75 Å². The molecular formula is C25H34N2O6S. The van der Waals surface area contributed by atoms with Crippen molar-refractivity contribution in [3.05, 3.63) is 47.0 Å². The first-order chi connectivity index (χ1) is 16.0. The van der Waals surface area contributed by atoms with Crippen molar-refractivity contribution in [3.63, 3.8) is 0 Å². The summed E-state index contributed by atoms with van der Waals surface area (Å²) in [5, 5.41) is 3.04. The van der Waals surface area contributed by atoms with Crippen LogP contribution in [-0.2, 0) is 14.8 Å². The minimum absolute atomic E-state index is 0.113. The second kappa shape index (κ2) is 10.5. The summed E-state index contributed by atoms with van der Waals surface area (Å²) >= 11 is 0. The third-order valence-corrected chi connectivity index (χ3v) is 7.09. The Bertz CT molecular complexity index is 1150. The van der Waals surface area contributed by atoms with E-state index in [0.29, 0.717) is 23.6 Å². The summed E-state index contributed by atoms with van der Waals surface area (Å²) in [6.45, 7) is 8.45. The molecule has 186 valence electrons. The molecule has 0 aliphatic carbocycles. The highest BCUT2D eigenvalue weighted by molar-refractivity contribution is 7.92. The van der Waals surface area contributed by atoms with Crippen molar-refractivity contribution in [1.29, 1.82) is 0 Å². The predicted molar refractivity (Wildman–Crippen MR) is 132 cm³/mol. The van der Waals surface area contributed by atoms with Gasteiger partial charge in [0.15, 0.2) is 11.5 Å². The number of carbonyl (C=O) groups is 1. The van der Waals surface area contributed by atoms with Crippen molar-refractivity contribution in [1.82, 2.24) is 5.32 Å². The number of amides is 1. The van der Waals surface area contributed by atoms with Crippen LogP contribution < -0.4 is 23.8 Å². The van der Waals surface area contributed by atoms with Crippen molar-refractivity contribution in [2.75, 3.05) is 31.0 Å². The number of sulfonamides is 1. The number of rotatable bonds is 10. The van der Waals surface area contributed by atoms with E-state index in [1.54, 1.807) is 25.3 Å². The molecule has 1 amide bonds. The first-order valence-corrected chi connectivity index (χ1v) is 13.2. The molecule has 3 rings (SSSR count). The molecule has 0 radical (unpaired) electrons. The smallest absolute Gasteiger partial charge is 0.232 e. The van der Waals surface area contributed by atoms with Gasteiger partial charge in [0.25, 0.3) is 0 Å². The molecule has 2 aromatic carbocycles. The number of nitrogens with zero attached hydrogens (tertiary/aromatic N) is 1. The van der Waals surface area contributed by atoms with E-state index in [9.17, 15) is 13.2 Å². The van der Waals surface area contributed by atoms with Crippen LogP contribution in [0.5, 0.6) is 17.2 Å². The molecular weight excluding hydrogens is 456 g/mol. The Balaban J connectivity index is 1.63. The molecule has 0 aromatic heterocycles. The van der Waals surface area contributed by atoms with E-state index in [-0.39, 0.29) is 37.6 Å². The molecule has 0 spiro atoms. The number of nitrogens with one attached hydrogen (secondary N) is 1. The third-order valence-electron chi connectivity index (χ3n) is 5.89. The molecule has 1 atom stereocenters. The van der Waals surface area contributed by atoms with Gasteiger partial charge in [-0.3, -0.25) is 9.10 Å². The number of aryl methyl sites for hydroxylation is 1. The zero-order valence-electron chi connectivity index (χ0n) is 20.7. The van der Waals surface area contributed by atoms with Crippen LogP contribution in [0.15, 0.2) is 30.3 Å². The van der Waals surface area contributed by atoms with Gasteiger partial charge in [0, 0.05) is 19.0 Å². The van der Waals surface area contributed by atoms with Crippen molar-refractivity contribution >= 4 is 21.6 Å². The fourth-order valence-corrected chi connectivity index (χ4v) is 5.07. The molecule has 9 heteroatoms. The third kappa shape index (κ3) is 5.94. The summed E-state index contributed by atoms with van der Waals surface area (Å²) in [6.07, 6.45) is 1.73. The maximum Gasteiger partial charge on any atom is 0.232 e. The highest BCUT2D eigenvalue weighted by Crippen LogP contribution is 2.36. The van der Waals surface area contributed by atoms with Gasteiger partial charge in [0.05, 0.1) is 25.1 Å². The molecule has 0 saturated carbocycles. The van der Waals surface area contributed by atoms with Crippen LogP contribution in [0.1, 0.15) is 62.3 Å². The Morgan fingerprint density at radius 1 is 1.12 bits per heavy atom. The fraction of sp³-hybridized carbons (Fsp3) is 0.480. The molecule has 1 heterocycles. The average Bonchev–Trinajstić information content (AvgIpc) is 3.23. The molecule has 1 N–H and O–H groups in total. The molecule has 0 bridgehead atoms. The number of methoxy groups -OCH3 is 1. The SMILES string of the molecule is COc1cc(C)c([C@H](C)NC(=O)CCCN(c2ccc3c(c2)OCO3)S(C)(=O)=O)cc1C(C)C. The predicted octanol–water partition coefficient (Wildman–Crippen LogP) is 4.28. The minimum Gasteiger partial charge on any atom is -0.496 e. The molecule has 8 nitrogen and oxygen atoms in total. The maximum absolute atomic E-state index is 12.7. The first kappa shape index (κ1) is 25.7. The van der Waals surface area contributed by atoms with Gasteiger partial charge in [-0.15, -0.1) is 0 Å². The zero-order valence-corrected chi connectivity index (χ0v) is 21.5. The Morgan fingerprint density at radius 3 is 2.47 bits per heavy atom. The molecule has 34 heavy (non-hydrogen) atoms. The van der Waals surface area contributed by atoms with Crippen molar-refractivity contribution in [2.24, 2.45) is 0 Å². The normalized spacial score (nSPS) is 13.6. The minimum atomic E-state index is -3.53. The van der Waals surface area contributed by atoms with E-state index < -0.39 is 10.0 Å². The summed E-state index contributed by atoms with van der Waals surface area (Å²) in [5.74, 6) is 2.09. The van der Waals surface area contributed by atoms with Gasteiger partial charge in [-0.1, -0.05) is 13.8 Å². The zero-order chi connectivity index (χ0) is 25.0. The highest BCUT2D eigenvalue weighted by atomic mass is 32.2. The van der Waals surface area contributed by atoms with E-state index in [2.05, 4.69) is 25.2 Å². The van der Waals surface area contributed by atoms with Gasteiger partial charge in [-0.05, 0) is 67.1 Å². The van der Waals surface area contributed by atoms with Crippen LogP contribution in [0.2, 0.25) is 0 Å². The Hall–Kier alpha value is -2.94. The Kier molecular flexibility index (Phi) is 7.97. The topological polar surface area (TPSA) is 94.2 Å². The Labute approximate surface area is 202 Å². The van der Waals surface area contributed by atoms with Crippen LogP contribution in [0.25, 0.3) is 0 Å². The van der Waals surface area contributed by atoms with Gasteiger partial charge >= 0.3 is 0 Å².